The third-order valence-corrected chi connectivity index (χ3v) is 3.48. The highest BCUT2D eigenvalue weighted by Gasteiger charge is 2.20. The van der Waals surface area contributed by atoms with Gasteiger partial charge in [-0.15, -0.1) is 11.8 Å². The summed E-state index contributed by atoms with van der Waals surface area (Å²) in [7, 11) is 0. The van der Waals surface area contributed by atoms with Crippen molar-refractivity contribution in [1.82, 2.24) is 19.7 Å². The van der Waals surface area contributed by atoms with Crippen LogP contribution >= 0.6 is 23.4 Å². The molecular formula is C9H7ClN4S. The maximum Gasteiger partial charge on any atom is 0.224 e. The van der Waals surface area contributed by atoms with Crippen LogP contribution in [0.25, 0.3) is 5.82 Å². The van der Waals surface area contributed by atoms with Crippen LogP contribution in [0.4, 0.5) is 0 Å². The van der Waals surface area contributed by atoms with Gasteiger partial charge in [-0.05, 0) is 17.7 Å². The van der Waals surface area contributed by atoms with Gasteiger partial charge < -0.3 is 0 Å². The van der Waals surface area contributed by atoms with E-state index in [9.17, 15) is 0 Å². The molecule has 3 heterocycles. The van der Waals surface area contributed by atoms with Crippen LogP contribution in [0.5, 0.6) is 0 Å². The summed E-state index contributed by atoms with van der Waals surface area (Å²) in [6, 6.07) is 1.86. The molecule has 76 valence electrons. The Balaban J connectivity index is 2.23. The van der Waals surface area contributed by atoms with E-state index in [1.807, 2.05) is 12.3 Å². The first-order valence-electron chi connectivity index (χ1n) is 4.54. The Labute approximate surface area is 95.7 Å². The topological polar surface area (TPSA) is 43.6 Å². The largest absolute Gasteiger partial charge is 0.224 e. The van der Waals surface area contributed by atoms with Gasteiger partial charge in [-0.25, -0.2) is 9.67 Å². The Morgan fingerprint density at radius 1 is 1.40 bits per heavy atom. The van der Waals surface area contributed by atoms with Crippen LogP contribution in [0.3, 0.4) is 0 Å². The molecule has 0 aliphatic carbocycles. The zero-order valence-electron chi connectivity index (χ0n) is 7.72. The van der Waals surface area contributed by atoms with E-state index in [-0.39, 0.29) is 0 Å². The Kier molecular flexibility index (Phi) is 2.14. The van der Waals surface area contributed by atoms with Gasteiger partial charge in [-0.3, -0.25) is 0 Å². The van der Waals surface area contributed by atoms with Crippen molar-refractivity contribution in [3.63, 3.8) is 0 Å². The monoisotopic (exact) mass is 238 g/mol. The lowest BCUT2D eigenvalue weighted by atomic mass is 10.3. The van der Waals surface area contributed by atoms with Crippen LogP contribution in [0.2, 0.25) is 5.28 Å². The molecular weight excluding hydrogens is 232 g/mol. The Hall–Kier alpha value is -1.07. The maximum atomic E-state index is 5.87. The number of fused-ring (bicyclic) bond motifs is 1. The van der Waals surface area contributed by atoms with Crippen LogP contribution in [-0.4, -0.2) is 25.5 Å². The highest BCUT2D eigenvalue weighted by atomic mass is 35.5. The molecule has 4 nitrogen and oxygen atoms in total. The molecule has 0 radical (unpaired) electrons. The minimum absolute atomic E-state index is 0.293. The van der Waals surface area contributed by atoms with Crippen LogP contribution in [0.15, 0.2) is 23.4 Å². The average molecular weight is 239 g/mol. The summed E-state index contributed by atoms with van der Waals surface area (Å²) >= 11 is 7.63. The van der Waals surface area contributed by atoms with E-state index in [0.29, 0.717) is 5.28 Å². The van der Waals surface area contributed by atoms with Crippen molar-refractivity contribution in [2.75, 3.05) is 5.75 Å². The third kappa shape index (κ3) is 1.52. The first-order valence-corrected chi connectivity index (χ1v) is 5.90. The van der Waals surface area contributed by atoms with E-state index in [2.05, 4.69) is 15.1 Å². The van der Waals surface area contributed by atoms with Crippen molar-refractivity contribution in [3.8, 4) is 5.82 Å². The molecule has 0 atom stereocenters. The fourth-order valence-corrected chi connectivity index (χ4v) is 2.83. The van der Waals surface area contributed by atoms with Gasteiger partial charge in [0, 0.05) is 24.6 Å². The van der Waals surface area contributed by atoms with Crippen molar-refractivity contribution in [2.45, 2.75) is 11.3 Å². The van der Waals surface area contributed by atoms with Crippen molar-refractivity contribution in [3.05, 3.63) is 29.4 Å². The fourth-order valence-electron chi connectivity index (χ4n) is 1.57. The standard InChI is InChI=1S/C9H7ClN4S/c10-9-12-6-2-5-15-7(6)8(13-9)14-4-1-3-11-14/h1,3-4H,2,5H2. The zero-order valence-corrected chi connectivity index (χ0v) is 9.29. The van der Waals surface area contributed by atoms with Crippen LogP contribution in [-0.2, 0) is 6.42 Å². The smallest absolute Gasteiger partial charge is 0.222 e. The predicted octanol–water partition coefficient (Wildman–Crippen LogP) is 1.96. The second-order valence-corrected chi connectivity index (χ2v) is 4.58. The second kappa shape index (κ2) is 3.50. The summed E-state index contributed by atoms with van der Waals surface area (Å²) in [5, 5.41) is 4.45. The van der Waals surface area contributed by atoms with Crippen molar-refractivity contribution in [2.24, 2.45) is 0 Å². The molecule has 1 aliphatic heterocycles. The number of hydrogen-bond donors (Lipinski definition) is 0. The summed E-state index contributed by atoms with van der Waals surface area (Å²) < 4.78 is 1.73. The van der Waals surface area contributed by atoms with Gasteiger partial charge in [-0.1, -0.05) is 0 Å². The van der Waals surface area contributed by atoms with E-state index in [0.717, 1.165) is 28.6 Å². The second-order valence-electron chi connectivity index (χ2n) is 3.14. The predicted molar refractivity (Wildman–Crippen MR) is 58.6 cm³/mol. The number of thioether (sulfide) groups is 1. The van der Waals surface area contributed by atoms with Gasteiger partial charge in [0.05, 0.1) is 10.6 Å². The van der Waals surface area contributed by atoms with Gasteiger partial charge in [-0.2, -0.15) is 10.1 Å². The first-order chi connectivity index (χ1) is 7.34. The highest BCUT2D eigenvalue weighted by molar-refractivity contribution is 7.99. The third-order valence-electron chi connectivity index (χ3n) is 2.20. The summed E-state index contributed by atoms with van der Waals surface area (Å²) in [5.41, 5.74) is 1.03. The molecule has 0 fully saturated rings. The van der Waals surface area contributed by atoms with Crippen LogP contribution in [0, 0.1) is 0 Å². The molecule has 3 rings (SSSR count). The normalized spacial score (nSPS) is 14.2. The maximum absolute atomic E-state index is 5.87. The molecule has 0 spiro atoms. The molecule has 0 saturated heterocycles. The quantitative estimate of drug-likeness (QED) is 0.713. The van der Waals surface area contributed by atoms with E-state index in [1.54, 1.807) is 22.6 Å². The molecule has 0 bridgehead atoms. The molecule has 6 heteroatoms. The Morgan fingerprint density at radius 2 is 2.33 bits per heavy atom. The van der Waals surface area contributed by atoms with Gasteiger partial charge in [0.25, 0.3) is 0 Å². The van der Waals surface area contributed by atoms with Crippen LogP contribution < -0.4 is 0 Å². The lowest BCUT2D eigenvalue weighted by molar-refractivity contribution is 0.803. The lowest BCUT2D eigenvalue weighted by Crippen LogP contribution is -2.03. The molecule has 0 aromatic carbocycles. The molecule has 0 saturated carbocycles. The first kappa shape index (κ1) is 9.18. The number of aromatic nitrogens is 4. The number of aryl methyl sites for hydroxylation is 1. The van der Waals surface area contributed by atoms with Crippen LogP contribution in [0.1, 0.15) is 5.69 Å². The van der Waals surface area contributed by atoms with Gasteiger partial charge in [0.2, 0.25) is 5.28 Å². The molecule has 2 aromatic rings. The van der Waals surface area contributed by atoms with Crippen molar-refractivity contribution >= 4 is 23.4 Å². The number of rotatable bonds is 1. The molecule has 0 N–H and O–H groups in total. The van der Waals surface area contributed by atoms with E-state index in [1.165, 1.54) is 0 Å². The van der Waals surface area contributed by atoms with E-state index >= 15 is 0 Å². The van der Waals surface area contributed by atoms with E-state index < -0.39 is 0 Å². The summed E-state index contributed by atoms with van der Waals surface area (Å²) in [6.07, 6.45) is 4.54. The molecule has 15 heavy (non-hydrogen) atoms. The minimum Gasteiger partial charge on any atom is -0.222 e. The van der Waals surface area contributed by atoms with Crippen molar-refractivity contribution < 1.29 is 0 Å². The Bertz CT molecular complexity index is 497. The molecule has 2 aromatic heterocycles. The van der Waals surface area contributed by atoms with Crippen molar-refractivity contribution in [1.29, 1.82) is 0 Å². The summed E-state index contributed by atoms with van der Waals surface area (Å²) in [4.78, 5) is 9.54. The molecule has 1 aliphatic rings. The molecule has 0 unspecified atom stereocenters. The SMILES string of the molecule is Clc1nc2c(c(-n3cccn3)n1)SCC2. The number of nitrogens with zero attached hydrogens (tertiary/aromatic N) is 4. The minimum atomic E-state index is 0.293. The number of halogens is 1. The lowest BCUT2D eigenvalue weighted by Gasteiger charge is -2.06. The summed E-state index contributed by atoms with van der Waals surface area (Å²) in [6.45, 7) is 0. The van der Waals surface area contributed by atoms with Gasteiger partial charge in [0.15, 0.2) is 5.82 Å². The van der Waals surface area contributed by atoms with Gasteiger partial charge >= 0.3 is 0 Å². The highest BCUT2D eigenvalue weighted by Crippen LogP contribution is 2.34. The number of hydrogen-bond acceptors (Lipinski definition) is 4. The fraction of sp³-hybridized carbons (Fsp3) is 0.222. The molecule has 0 amide bonds. The average Bonchev–Trinajstić information content (AvgIpc) is 2.86. The Morgan fingerprint density at radius 3 is 3.13 bits per heavy atom. The van der Waals surface area contributed by atoms with E-state index in [4.69, 9.17) is 11.6 Å². The zero-order chi connectivity index (χ0) is 10.3. The van der Waals surface area contributed by atoms with Gasteiger partial charge in [0.1, 0.15) is 0 Å². The summed E-state index contributed by atoms with van der Waals surface area (Å²) in [5.74, 6) is 1.83.